The fraction of sp³-hybridized carbons (Fsp3) is 0.500. The van der Waals surface area contributed by atoms with E-state index in [4.69, 9.17) is 9.47 Å². The summed E-state index contributed by atoms with van der Waals surface area (Å²) in [7, 11) is -4.20. The number of carboxylic acid groups (broad SMARTS) is 1. The van der Waals surface area contributed by atoms with E-state index in [0.29, 0.717) is 9.99 Å². The molecule has 1 aliphatic heterocycles. The molecule has 170 valence electrons. The second-order valence-electron chi connectivity index (χ2n) is 8.42. The molecule has 1 aromatic heterocycles. The van der Waals surface area contributed by atoms with E-state index in [9.17, 15) is 23.1 Å². The van der Waals surface area contributed by atoms with E-state index in [2.05, 4.69) is 0 Å². The second-order valence-corrected chi connectivity index (χ2v) is 11.5. The van der Waals surface area contributed by atoms with Gasteiger partial charge < -0.3 is 14.6 Å². The fourth-order valence-electron chi connectivity index (χ4n) is 3.30. The predicted octanol–water partition coefficient (Wildman–Crippen LogP) is 3.39. The first-order valence-corrected chi connectivity index (χ1v) is 12.3. The topological polar surface area (TPSA) is 115 Å². The normalized spacial score (nSPS) is 15.9. The molecule has 1 N–H and O–H groups in total. The largest absolute Gasteiger partial charge is 0.477 e. The second kappa shape index (κ2) is 9.04. The maximum absolute atomic E-state index is 13.5. The zero-order valence-electron chi connectivity index (χ0n) is 17.6. The number of fused-ring (bicyclic) bond motifs is 1. The molecule has 2 aromatic rings. The Hall–Kier alpha value is -1.70. The Labute approximate surface area is 194 Å². The van der Waals surface area contributed by atoms with Crippen LogP contribution in [0.3, 0.4) is 0 Å². The van der Waals surface area contributed by atoms with Crippen LogP contribution in [-0.2, 0) is 19.5 Å². The number of sulfonamides is 1. The monoisotopic (exact) mass is 564 g/mol. The lowest BCUT2D eigenvalue weighted by atomic mass is 9.93. The number of morpholine rings is 1. The van der Waals surface area contributed by atoms with Gasteiger partial charge in [-0.05, 0) is 52.6 Å². The van der Waals surface area contributed by atoms with Crippen LogP contribution in [0.4, 0.5) is 4.79 Å². The SMILES string of the molecule is CC(C)(C)CCOC(=O)n1c(C(=O)O)c(S(=O)(=O)N2CCOCC2)c2cc(I)ccc21. The van der Waals surface area contributed by atoms with E-state index in [1.165, 1.54) is 10.4 Å². The van der Waals surface area contributed by atoms with Crippen molar-refractivity contribution in [3.63, 3.8) is 0 Å². The molecule has 0 atom stereocenters. The third-order valence-electron chi connectivity index (χ3n) is 4.91. The number of halogens is 1. The maximum Gasteiger partial charge on any atom is 0.419 e. The quantitative estimate of drug-likeness (QED) is 0.554. The lowest BCUT2D eigenvalue weighted by Gasteiger charge is -2.26. The first-order valence-electron chi connectivity index (χ1n) is 9.76. The van der Waals surface area contributed by atoms with Crippen molar-refractivity contribution in [3.05, 3.63) is 27.5 Å². The van der Waals surface area contributed by atoms with Crippen molar-refractivity contribution in [1.29, 1.82) is 0 Å². The van der Waals surface area contributed by atoms with Crippen LogP contribution in [0.25, 0.3) is 10.9 Å². The molecule has 0 unspecified atom stereocenters. The number of aromatic nitrogens is 1. The summed E-state index contributed by atoms with van der Waals surface area (Å²) in [5, 5.41) is 10.1. The highest BCUT2D eigenvalue weighted by Crippen LogP contribution is 2.34. The Balaban J connectivity index is 2.18. The van der Waals surface area contributed by atoms with Crippen molar-refractivity contribution >= 4 is 55.6 Å². The third kappa shape index (κ3) is 5.04. The predicted molar refractivity (Wildman–Crippen MR) is 122 cm³/mol. The van der Waals surface area contributed by atoms with E-state index in [0.717, 1.165) is 4.57 Å². The van der Waals surface area contributed by atoms with Crippen molar-refractivity contribution in [1.82, 2.24) is 8.87 Å². The molecular formula is C20H25IN2O7S. The minimum atomic E-state index is -4.20. The number of hydrogen-bond donors (Lipinski definition) is 1. The summed E-state index contributed by atoms with van der Waals surface area (Å²) in [4.78, 5) is 24.7. The first-order chi connectivity index (χ1) is 14.4. The van der Waals surface area contributed by atoms with Gasteiger partial charge in [0.2, 0.25) is 10.0 Å². The smallest absolute Gasteiger partial charge is 0.419 e. The van der Waals surface area contributed by atoms with Gasteiger partial charge in [-0.1, -0.05) is 20.8 Å². The average molecular weight is 564 g/mol. The minimum absolute atomic E-state index is 0.0803. The van der Waals surface area contributed by atoms with Gasteiger partial charge in [-0.25, -0.2) is 22.6 Å². The van der Waals surface area contributed by atoms with Crippen molar-refractivity contribution in [2.24, 2.45) is 5.41 Å². The highest BCUT2D eigenvalue weighted by molar-refractivity contribution is 14.1. The fourth-order valence-corrected chi connectivity index (χ4v) is 5.55. The van der Waals surface area contributed by atoms with Gasteiger partial charge in [-0.15, -0.1) is 0 Å². The number of carboxylic acids is 1. The molecule has 0 bridgehead atoms. The van der Waals surface area contributed by atoms with E-state index in [1.54, 1.807) is 12.1 Å². The summed E-state index contributed by atoms with van der Waals surface area (Å²) in [5.74, 6) is -1.52. The Kier molecular flexibility index (Phi) is 6.99. The number of ether oxygens (including phenoxy) is 2. The van der Waals surface area contributed by atoms with Crippen LogP contribution >= 0.6 is 22.6 Å². The molecule has 0 aliphatic carbocycles. The highest BCUT2D eigenvalue weighted by Gasteiger charge is 2.38. The first kappa shape index (κ1) is 24.0. The van der Waals surface area contributed by atoms with E-state index in [-0.39, 0.29) is 49.2 Å². The zero-order chi connectivity index (χ0) is 23.0. The molecule has 1 fully saturated rings. The molecule has 9 nitrogen and oxygen atoms in total. The number of carbonyl (C=O) groups is 2. The molecule has 0 saturated carbocycles. The van der Waals surface area contributed by atoms with Crippen LogP contribution in [0.5, 0.6) is 0 Å². The molecule has 1 aromatic carbocycles. The van der Waals surface area contributed by atoms with Crippen molar-refractivity contribution in [3.8, 4) is 0 Å². The molecule has 0 spiro atoms. The standard InChI is InChI=1S/C20H25IN2O7S/c1-20(2,3)6-9-30-19(26)23-15-5-4-13(21)12-14(15)17(16(23)18(24)25)31(27,28)22-7-10-29-11-8-22/h4-5,12H,6-11H2,1-3H3,(H,24,25). The molecule has 0 amide bonds. The summed E-state index contributed by atoms with van der Waals surface area (Å²) < 4.78 is 40.2. The van der Waals surface area contributed by atoms with Crippen LogP contribution in [0.2, 0.25) is 0 Å². The Morgan fingerprint density at radius 1 is 1.23 bits per heavy atom. The number of hydrogen-bond acceptors (Lipinski definition) is 6. The van der Waals surface area contributed by atoms with Crippen LogP contribution < -0.4 is 0 Å². The van der Waals surface area contributed by atoms with Crippen LogP contribution in [-0.4, -0.2) is 67.4 Å². The van der Waals surface area contributed by atoms with Crippen molar-refractivity contribution in [2.45, 2.75) is 32.1 Å². The summed E-state index contributed by atoms with van der Waals surface area (Å²) in [5.41, 5.74) is -0.537. The van der Waals surface area contributed by atoms with Gasteiger partial charge in [-0.3, -0.25) is 0 Å². The van der Waals surface area contributed by atoms with E-state index in [1.807, 2.05) is 43.4 Å². The minimum Gasteiger partial charge on any atom is -0.477 e. The van der Waals surface area contributed by atoms with Gasteiger partial charge in [0, 0.05) is 22.0 Å². The van der Waals surface area contributed by atoms with Gasteiger partial charge in [0.25, 0.3) is 0 Å². The Bertz CT molecular complexity index is 1110. The summed E-state index contributed by atoms with van der Waals surface area (Å²) in [6.45, 7) is 6.69. The zero-order valence-corrected chi connectivity index (χ0v) is 20.5. The van der Waals surface area contributed by atoms with E-state index >= 15 is 0 Å². The molecule has 31 heavy (non-hydrogen) atoms. The van der Waals surface area contributed by atoms with Crippen molar-refractivity contribution in [2.75, 3.05) is 32.9 Å². The Morgan fingerprint density at radius 3 is 2.45 bits per heavy atom. The summed E-state index contributed by atoms with van der Waals surface area (Å²) >= 11 is 2.01. The Morgan fingerprint density at radius 2 is 1.87 bits per heavy atom. The molecule has 3 rings (SSSR count). The van der Waals surface area contributed by atoms with Gasteiger partial charge in [0.1, 0.15) is 4.90 Å². The lowest BCUT2D eigenvalue weighted by molar-refractivity contribution is 0.0672. The van der Waals surface area contributed by atoms with Crippen LogP contribution in [0, 0.1) is 8.99 Å². The van der Waals surface area contributed by atoms with Crippen LogP contribution in [0.15, 0.2) is 23.1 Å². The average Bonchev–Trinajstić information content (AvgIpc) is 3.03. The summed E-state index contributed by atoms with van der Waals surface area (Å²) in [6, 6.07) is 4.78. The number of carbonyl (C=O) groups excluding carboxylic acids is 1. The van der Waals surface area contributed by atoms with Gasteiger partial charge in [0.05, 0.1) is 25.3 Å². The molecular weight excluding hydrogens is 539 g/mol. The van der Waals surface area contributed by atoms with E-state index < -0.39 is 32.7 Å². The third-order valence-corrected chi connectivity index (χ3v) is 7.56. The van der Waals surface area contributed by atoms with Crippen LogP contribution in [0.1, 0.15) is 37.7 Å². The summed E-state index contributed by atoms with van der Waals surface area (Å²) in [6.07, 6.45) is -0.353. The van der Waals surface area contributed by atoms with Gasteiger partial charge >= 0.3 is 12.1 Å². The maximum atomic E-state index is 13.5. The van der Waals surface area contributed by atoms with Gasteiger partial charge in [0.15, 0.2) is 5.69 Å². The molecule has 1 aliphatic rings. The lowest BCUT2D eigenvalue weighted by Crippen LogP contribution is -2.41. The molecule has 11 heteroatoms. The highest BCUT2D eigenvalue weighted by atomic mass is 127. The number of nitrogens with zero attached hydrogens (tertiary/aromatic N) is 2. The molecule has 0 radical (unpaired) electrons. The molecule has 1 saturated heterocycles. The molecule has 2 heterocycles. The number of rotatable bonds is 5. The number of benzene rings is 1. The van der Waals surface area contributed by atoms with Gasteiger partial charge in [-0.2, -0.15) is 4.31 Å². The number of aromatic carboxylic acids is 1. The van der Waals surface area contributed by atoms with Crippen molar-refractivity contribution < 1.29 is 32.6 Å².